The number of aliphatic imine (C=N–C) groups is 2. The molecule has 6 atom stereocenters. The molecule has 300 valence electrons. The second-order valence-corrected chi connectivity index (χ2v) is 13.2. The maximum Gasteiger partial charge on any atom is 0.245 e. The Bertz CT molecular complexity index is 1340. The van der Waals surface area contributed by atoms with Crippen LogP contribution in [0.3, 0.4) is 0 Å². The van der Waals surface area contributed by atoms with Crippen LogP contribution >= 0.6 is 0 Å². The van der Waals surface area contributed by atoms with Crippen molar-refractivity contribution >= 4 is 53.3 Å². The van der Waals surface area contributed by atoms with Gasteiger partial charge in [0, 0.05) is 26.1 Å². The van der Waals surface area contributed by atoms with Crippen LogP contribution in [0.1, 0.15) is 71.6 Å². The van der Waals surface area contributed by atoms with Crippen LogP contribution in [0.25, 0.3) is 0 Å². The number of likely N-dealkylation sites (tertiary alicyclic amines) is 1. The minimum absolute atomic E-state index is 0.0260. The van der Waals surface area contributed by atoms with Crippen LogP contribution in [0.2, 0.25) is 0 Å². The van der Waals surface area contributed by atoms with Gasteiger partial charge in [0.15, 0.2) is 11.9 Å². The van der Waals surface area contributed by atoms with Gasteiger partial charge in [-0.1, -0.05) is 13.8 Å². The van der Waals surface area contributed by atoms with Crippen molar-refractivity contribution in [1.29, 1.82) is 0 Å². The summed E-state index contributed by atoms with van der Waals surface area (Å²) in [7, 11) is 0. The fraction of sp³-hybridized carbons (Fsp3) is 0.710. The Balaban J connectivity index is 3.28. The molecular formula is C31H58N14O8. The van der Waals surface area contributed by atoms with Crippen LogP contribution in [-0.4, -0.2) is 126 Å². The van der Waals surface area contributed by atoms with Gasteiger partial charge in [-0.2, -0.15) is 0 Å². The minimum atomic E-state index is -1.39. The first-order chi connectivity index (χ1) is 24.9. The predicted molar refractivity (Wildman–Crippen MR) is 194 cm³/mol. The Hall–Kier alpha value is -5.25. The summed E-state index contributed by atoms with van der Waals surface area (Å²) in [6.07, 6.45) is 1.22. The molecular weight excluding hydrogens is 696 g/mol. The lowest BCUT2D eigenvalue weighted by atomic mass is 10.0. The number of nitrogens with one attached hydrogen (secondary N) is 4. The molecule has 1 heterocycles. The normalized spacial score (nSPS) is 16.6. The van der Waals surface area contributed by atoms with E-state index in [0.717, 1.165) is 0 Å². The van der Waals surface area contributed by atoms with Gasteiger partial charge < -0.3 is 71.4 Å². The smallest absolute Gasteiger partial charge is 0.245 e. The quantitative estimate of drug-likeness (QED) is 0.0248. The van der Waals surface area contributed by atoms with Crippen molar-refractivity contribution in [2.75, 3.05) is 26.2 Å². The number of rotatable bonds is 24. The highest BCUT2D eigenvalue weighted by atomic mass is 16.3. The average molecular weight is 755 g/mol. The van der Waals surface area contributed by atoms with Crippen LogP contribution in [0.4, 0.5) is 0 Å². The molecule has 0 saturated carbocycles. The molecule has 1 fully saturated rings. The van der Waals surface area contributed by atoms with Crippen molar-refractivity contribution in [3.63, 3.8) is 0 Å². The molecule has 0 spiro atoms. The molecule has 0 radical (unpaired) electrons. The molecule has 22 heteroatoms. The zero-order chi connectivity index (χ0) is 40.2. The monoisotopic (exact) mass is 754 g/mol. The largest absolute Gasteiger partial charge is 0.394 e. The van der Waals surface area contributed by atoms with E-state index in [9.17, 15) is 38.7 Å². The lowest BCUT2D eigenvalue weighted by molar-refractivity contribution is -0.142. The van der Waals surface area contributed by atoms with Gasteiger partial charge in [0.25, 0.3) is 0 Å². The highest BCUT2D eigenvalue weighted by molar-refractivity contribution is 5.97. The maximum absolute atomic E-state index is 13.9. The van der Waals surface area contributed by atoms with Crippen LogP contribution in [0.5, 0.6) is 0 Å². The van der Waals surface area contributed by atoms with Crippen LogP contribution in [0, 0.1) is 5.92 Å². The van der Waals surface area contributed by atoms with E-state index >= 15 is 0 Å². The van der Waals surface area contributed by atoms with E-state index < -0.39 is 84.2 Å². The lowest BCUT2D eigenvalue weighted by Gasteiger charge is -2.30. The van der Waals surface area contributed by atoms with Crippen LogP contribution < -0.4 is 61.4 Å². The molecule has 1 aliphatic heterocycles. The Kier molecular flexibility index (Phi) is 20.2. The number of guanidine groups is 2. The molecule has 0 aromatic heterocycles. The van der Waals surface area contributed by atoms with Gasteiger partial charge in [-0.25, -0.2) is 0 Å². The summed E-state index contributed by atoms with van der Waals surface area (Å²) in [6, 6.07) is -7.09. The van der Waals surface area contributed by atoms with Crippen LogP contribution in [-0.2, 0) is 33.6 Å². The van der Waals surface area contributed by atoms with Crippen molar-refractivity contribution in [1.82, 2.24) is 26.2 Å². The van der Waals surface area contributed by atoms with Crippen molar-refractivity contribution < 1.29 is 38.7 Å². The van der Waals surface area contributed by atoms with E-state index in [1.807, 2.05) is 0 Å². The minimum Gasteiger partial charge on any atom is -0.394 e. The Morgan fingerprint density at radius 3 is 1.77 bits per heavy atom. The zero-order valence-electron chi connectivity index (χ0n) is 30.4. The summed E-state index contributed by atoms with van der Waals surface area (Å²) in [6.45, 7) is 3.27. The molecule has 19 N–H and O–H groups in total. The second-order valence-electron chi connectivity index (χ2n) is 13.2. The van der Waals surface area contributed by atoms with Gasteiger partial charge in [-0.05, 0) is 57.3 Å². The number of aliphatic hydroxyl groups excluding tert-OH is 1. The highest BCUT2D eigenvalue weighted by Crippen LogP contribution is 2.21. The van der Waals surface area contributed by atoms with Crippen molar-refractivity contribution in [2.45, 2.75) is 108 Å². The number of nitrogens with two attached hydrogens (primary N) is 7. The van der Waals surface area contributed by atoms with E-state index in [-0.39, 0.29) is 88.8 Å². The molecule has 0 aromatic rings. The Morgan fingerprint density at radius 2 is 1.26 bits per heavy atom. The molecule has 1 rings (SSSR count). The van der Waals surface area contributed by atoms with E-state index in [1.54, 1.807) is 13.8 Å². The molecule has 0 bridgehead atoms. The molecule has 22 nitrogen and oxygen atoms in total. The van der Waals surface area contributed by atoms with Gasteiger partial charge >= 0.3 is 0 Å². The number of primary amides is 2. The van der Waals surface area contributed by atoms with Crippen LogP contribution in [0.15, 0.2) is 9.98 Å². The third kappa shape index (κ3) is 17.2. The summed E-state index contributed by atoms with van der Waals surface area (Å²) in [5.41, 5.74) is 38.0. The summed E-state index contributed by atoms with van der Waals surface area (Å²) in [5, 5.41) is 19.7. The SMILES string of the molecule is CC(C)C[C@H](NC(=O)[C@H](CCCN=C(N)N)NC(=O)[C@@H]1CCCN1C(=O)[C@H](CCCN=C(N)N)NC(=O)[C@@H](N)CCC(N)=O)C(=O)N[C@@H](CO)C(N)=O. The predicted octanol–water partition coefficient (Wildman–Crippen LogP) is -5.86. The number of aliphatic hydroxyl groups is 1. The molecule has 0 unspecified atom stereocenters. The molecule has 53 heavy (non-hydrogen) atoms. The van der Waals surface area contributed by atoms with E-state index in [0.29, 0.717) is 6.42 Å². The maximum atomic E-state index is 13.9. The fourth-order valence-electron chi connectivity index (χ4n) is 5.47. The number of carbonyl (C=O) groups is 7. The van der Waals surface area contributed by atoms with Gasteiger partial charge in [0.1, 0.15) is 30.2 Å². The standard InChI is InChI=1S/C31H58N14O8/c1-16(2)14-20(27(51)44-21(15-46)24(34)48)43-26(50)18(6-3-11-39-30(35)36)41-28(52)22-8-5-13-45(22)29(53)19(7-4-12-40-31(37)38)42-25(49)17(32)9-10-23(33)47/h16-22,46H,3-15,32H2,1-2H3,(H2,33,47)(H2,34,48)(H,41,52)(H,42,49)(H,43,50)(H,44,51)(H4,35,36,39)(H4,37,38,40)/t17-,18-,19-,20-,21-,22-/m0/s1. The van der Waals surface area contributed by atoms with E-state index in [1.165, 1.54) is 4.90 Å². The van der Waals surface area contributed by atoms with Crippen molar-refractivity contribution in [3.8, 4) is 0 Å². The van der Waals surface area contributed by atoms with Gasteiger partial charge in [0.05, 0.1) is 12.6 Å². The second kappa shape index (κ2) is 23.3. The lowest BCUT2D eigenvalue weighted by Crippen LogP contribution is -2.59. The van der Waals surface area contributed by atoms with Gasteiger partial charge in [-0.15, -0.1) is 0 Å². The van der Waals surface area contributed by atoms with Crippen molar-refractivity contribution in [2.24, 2.45) is 56.0 Å². The first-order valence-electron chi connectivity index (χ1n) is 17.4. The molecule has 1 aliphatic rings. The van der Waals surface area contributed by atoms with E-state index in [4.69, 9.17) is 40.1 Å². The van der Waals surface area contributed by atoms with E-state index in [2.05, 4.69) is 31.3 Å². The zero-order valence-corrected chi connectivity index (χ0v) is 30.4. The van der Waals surface area contributed by atoms with Gasteiger partial charge in [-0.3, -0.25) is 43.5 Å². The van der Waals surface area contributed by atoms with Crippen molar-refractivity contribution in [3.05, 3.63) is 0 Å². The topological polar surface area (TPSA) is 398 Å². The number of hydrogen-bond donors (Lipinski definition) is 12. The first kappa shape index (κ1) is 45.8. The number of amides is 7. The molecule has 0 aliphatic carbocycles. The summed E-state index contributed by atoms with van der Waals surface area (Å²) >= 11 is 0. The summed E-state index contributed by atoms with van der Waals surface area (Å²) < 4.78 is 0. The third-order valence-electron chi connectivity index (χ3n) is 8.20. The summed E-state index contributed by atoms with van der Waals surface area (Å²) in [4.78, 5) is 99.3. The highest BCUT2D eigenvalue weighted by Gasteiger charge is 2.39. The Labute approximate surface area is 308 Å². The molecule has 0 aromatic carbocycles. The first-order valence-corrected chi connectivity index (χ1v) is 17.4. The fourth-order valence-corrected chi connectivity index (χ4v) is 5.47. The van der Waals surface area contributed by atoms with Gasteiger partial charge in [0.2, 0.25) is 41.4 Å². The Morgan fingerprint density at radius 1 is 0.736 bits per heavy atom. The molecule has 7 amide bonds. The number of carbonyl (C=O) groups excluding carboxylic acids is 7. The number of hydrogen-bond acceptors (Lipinski definition) is 11. The number of nitrogens with zero attached hydrogens (tertiary/aromatic N) is 3. The molecule has 1 saturated heterocycles. The third-order valence-corrected chi connectivity index (χ3v) is 8.20. The average Bonchev–Trinajstić information content (AvgIpc) is 3.57. The summed E-state index contributed by atoms with van der Waals surface area (Å²) in [5.74, 6) is -5.53.